The zero-order valence-electron chi connectivity index (χ0n) is 22.5. The lowest BCUT2D eigenvalue weighted by molar-refractivity contribution is 0.458. The highest BCUT2D eigenvalue weighted by atomic mass is 16.3. The molecule has 1 aromatic carbocycles. The van der Waals surface area contributed by atoms with Gasteiger partial charge in [0.1, 0.15) is 11.2 Å². The molecule has 0 aromatic heterocycles. The number of rotatable bonds is 6. The first kappa shape index (κ1) is 26.0. The first-order chi connectivity index (χ1) is 17.9. The molecule has 0 spiro atoms. The number of aryl methyl sites for hydroxylation is 1. The van der Waals surface area contributed by atoms with Crippen LogP contribution >= 0.6 is 0 Å². The van der Waals surface area contributed by atoms with Crippen molar-refractivity contribution in [2.75, 3.05) is 11.5 Å². The van der Waals surface area contributed by atoms with Crippen molar-refractivity contribution in [1.82, 2.24) is 15.6 Å². The number of anilines is 2. The Hall–Kier alpha value is -2.64. The fourth-order valence-electron chi connectivity index (χ4n) is 6.19. The van der Waals surface area contributed by atoms with Crippen LogP contribution in [0.1, 0.15) is 99.3 Å². The fraction of sp³-hybridized carbons (Fsp3) is 0.600. The Balaban J connectivity index is 1.55. The van der Waals surface area contributed by atoms with Crippen LogP contribution in [0, 0.1) is 13.8 Å². The highest BCUT2D eigenvalue weighted by Crippen LogP contribution is 2.36. The molecule has 0 bridgehead atoms. The molecule has 0 atom stereocenters. The molecule has 1 aromatic rings. The molecule has 0 unspecified atom stereocenters. The van der Waals surface area contributed by atoms with Crippen LogP contribution in [0.15, 0.2) is 15.3 Å². The maximum absolute atomic E-state index is 13.1. The number of nitrogens with zero attached hydrogens (tertiary/aromatic N) is 1. The van der Waals surface area contributed by atoms with E-state index in [1.54, 1.807) is 6.92 Å². The van der Waals surface area contributed by atoms with Gasteiger partial charge in [-0.05, 0) is 51.2 Å². The van der Waals surface area contributed by atoms with E-state index in [0.717, 1.165) is 35.0 Å². The van der Waals surface area contributed by atoms with Gasteiger partial charge in [0.05, 0.1) is 5.69 Å². The number of nitrogens with one attached hydrogen (secondary N) is 2. The van der Waals surface area contributed by atoms with Crippen molar-refractivity contribution in [3.05, 3.63) is 38.5 Å². The first-order valence-electron chi connectivity index (χ1n) is 14.3. The average Bonchev–Trinajstić information content (AvgIpc) is 3.33. The molecular formula is C30H43N5O2. The summed E-state index contributed by atoms with van der Waals surface area (Å²) >= 11 is 0. The van der Waals surface area contributed by atoms with Crippen LogP contribution in [0.4, 0.5) is 11.4 Å². The van der Waals surface area contributed by atoms with Crippen molar-refractivity contribution in [3.8, 4) is 11.5 Å². The third-order valence-corrected chi connectivity index (χ3v) is 8.66. The fourth-order valence-corrected chi connectivity index (χ4v) is 6.19. The molecule has 1 aliphatic heterocycles. The Kier molecular flexibility index (Phi) is 8.01. The van der Waals surface area contributed by atoms with Gasteiger partial charge in [-0.25, -0.2) is 4.98 Å². The van der Waals surface area contributed by atoms with Gasteiger partial charge in [-0.2, -0.15) is 0 Å². The van der Waals surface area contributed by atoms with Crippen LogP contribution in [0.3, 0.4) is 0 Å². The Morgan fingerprint density at radius 2 is 1.43 bits per heavy atom. The summed E-state index contributed by atoms with van der Waals surface area (Å²) in [5.41, 5.74) is 18.9. The molecule has 5 rings (SSSR count). The van der Waals surface area contributed by atoms with Crippen molar-refractivity contribution >= 4 is 22.5 Å². The van der Waals surface area contributed by atoms with Crippen LogP contribution < -0.4 is 27.5 Å². The lowest BCUT2D eigenvalue weighted by Gasteiger charge is -2.21. The summed E-state index contributed by atoms with van der Waals surface area (Å²) in [7, 11) is 0. The van der Waals surface area contributed by atoms with Gasteiger partial charge in [0.15, 0.2) is 11.3 Å². The zero-order chi connectivity index (χ0) is 25.9. The summed E-state index contributed by atoms with van der Waals surface area (Å²) in [6.07, 6.45) is 15.0. The minimum atomic E-state index is -0.174. The quantitative estimate of drug-likeness (QED) is 0.193. The smallest absolute Gasteiger partial charge is 0.208 e. The van der Waals surface area contributed by atoms with E-state index >= 15 is 0 Å². The maximum atomic E-state index is 13.1. The monoisotopic (exact) mass is 505 g/mol. The van der Waals surface area contributed by atoms with E-state index in [-0.39, 0.29) is 11.1 Å². The molecule has 7 heteroatoms. The van der Waals surface area contributed by atoms with E-state index in [9.17, 15) is 4.79 Å². The number of nitrogens with two attached hydrogens (primary N) is 2. The van der Waals surface area contributed by atoms with Crippen LogP contribution in [0.25, 0.3) is 22.6 Å². The zero-order valence-corrected chi connectivity index (χ0v) is 22.5. The molecule has 2 fully saturated rings. The standard InChI is InChI=1S/C30H43N5O2/c1-18-24(31)15-20(16-33-21-11-7-3-4-8-12-21)26-29(18)37-30-19(2)28(36)25(32)23(27(30)35-26)17-34-22-13-9-5-6-10-14-22/h15,21-22,33-34H,3-14,16-17,31-32H2,1-2H3. The summed E-state index contributed by atoms with van der Waals surface area (Å²) in [5, 5.41) is 7.44. The van der Waals surface area contributed by atoms with Crippen molar-refractivity contribution < 1.29 is 4.42 Å². The van der Waals surface area contributed by atoms with E-state index in [1.165, 1.54) is 64.2 Å². The predicted octanol–water partition coefficient (Wildman–Crippen LogP) is 5.70. The molecule has 6 N–H and O–H groups in total. The lowest BCUT2D eigenvalue weighted by atomic mass is 9.99. The van der Waals surface area contributed by atoms with E-state index in [1.807, 2.05) is 13.0 Å². The third-order valence-electron chi connectivity index (χ3n) is 8.66. The number of hydrogen-bond acceptors (Lipinski definition) is 7. The number of nitrogen functional groups attached to an aromatic ring is 2. The topological polar surface area (TPSA) is 119 Å². The minimum Gasteiger partial charge on any atom is -0.452 e. The normalized spacial score (nSPS) is 18.3. The second-order valence-electron chi connectivity index (χ2n) is 11.3. The number of fused-ring (bicyclic) bond motifs is 2. The van der Waals surface area contributed by atoms with Gasteiger partial charge < -0.3 is 26.5 Å². The van der Waals surface area contributed by atoms with Crippen LogP contribution in [0.5, 0.6) is 0 Å². The second kappa shape index (κ2) is 11.4. The van der Waals surface area contributed by atoms with Crippen LogP contribution in [-0.4, -0.2) is 17.1 Å². The summed E-state index contributed by atoms with van der Waals surface area (Å²) in [4.78, 5) is 18.3. The summed E-state index contributed by atoms with van der Waals surface area (Å²) in [6.45, 7) is 4.93. The van der Waals surface area contributed by atoms with Gasteiger partial charge in [-0.15, -0.1) is 0 Å². The molecule has 7 nitrogen and oxygen atoms in total. The molecule has 37 heavy (non-hydrogen) atoms. The van der Waals surface area contributed by atoms with E-state index < -0.39 is 0 Å². The van der Waals surface area contributed by atoms with Gasteiger partial charge in [0, 0.05) is 47.6 Å². The summed E-state index contributed by atoms with van der Waals surface area (Å²) in [6, 6.07) is 2.97. The van der Waals surface area contributed by atoms with E-state index in [0.29, 0.717) is 53.5 Å². The number of benzene rings is 2. The van der Waals surface area contributed by atoms with Crippen LogP contribution in [0.2, 0.25) is 0 Å². The van der Waals surface area contributed by atoms with Gasteiger partial charge in [0.25, 0.3) is 0 Å². The SMILES string of the molecule is Cc1c2oc3c(C)c(N)cc(CNC4CCCCCC4)c3nc-2c(CNC2CCCCCC2)c(N)c1=O. The van der Waals surface area contributed by atoms with Gasteiger partial charge >= 0.3 is 0 Å². The Labute approximate surface area is 220 Å². The van der Waals surface area contributed by atoms with Crippen molar-refractivity contribution in [1.29, 1.82) is 0 Å². The van der Waals surface area contributed by atoms with Crippen molar-refractivity contribution in [2.45, 2.75) is 116 Å². The number of hydrogen-bond donors (Lipinski definition) is 4. The van der Waals surface area contributed by atoms with Gasteiger partial charge in [-0.1, -0.05) is 51.4 Å². The molecule has 4 aliphatic rings. The third kappa shape index (κ3) is 5.48. The van der Waals surface area contributed by atoms with Crippen molar-refractivity contribution in [2.24, 2.45) is 0 Å². The Bertz CT molecular complexity index is 1270. The highest BCUT2D eigenvalue weighted by Gasteiger charge is 2.26. The lowest BCUT2D eigenvalue weighted by Crippen LogP contribution is -2.30. The summed E-state index contributed by atoms with van der Waals surface area (Å²) < 4.78 is 6.48. The molecule has 200 valence electrons. The molecule has 1 heterocycles. The molecule has 0 amide bonds. The second-order valence-corrected chi connectivity index (χ2v) is 11.3. The van der Waals surface area contributed by atoms with E-state index in [2.05, 4.69) is 10.6 Å². The molecule has 0 radical (unpaired) electrons. The van der Waals surface area contributed by atoms with E-state index in [4.69, 9.17) is 20.9 Å². The molecule has 2 saturated carbocycles. The largest absolute Gasteiger partial charge is 0.452 e. The van der Waals surface area contributed by atoms with Crippen molar-refractivity contribution in [3.63, 3.8) is 0 Å². The molecule has 3 aliphatic carbocycles. The highest BCUT2D eigenvalue weighted by molar-refractivity contribution is 5.88. The Morgan fingerprint density at radius 1 is 0.865 bits per heavy atom. The molecule has 0 saturated heterocycles. The van der Waals surface area contributed by atoms with Crippen LogP contribution in [-0.2, 0) is 13.1 Å². The minimum absolute atomic E-state index is 0.174. The average molecular weight is 506 g/mol. The predicted molar refractivity (Wildman–Crippen MR) is 152 cm³/mol. The maximum Gasteiger partial charge on any atom is 0.208 e. The molecular weight excluding hydrogens is 462 g/mol. The summed E-state index contributed by atoms with van der Waals surface area (Å²) in [5.74, 6) is 0.515. The first-order valence-corrected chi connectivity index (χ1v) is 14.3. The Morgan fingerprint density at radius 3 is 2.03 bits per heavy atom. The van der Waals surface area contributed by atoms with Gasteiger partial charge in [-0.3, -0.25) is 4.79 Å². The van der Waals surface area contributed by atoms with Gasteiger partial charge in [0.2, 0.25) is 5.43 Å². The number of aromatic nitrogens is 1.